The standard InChI is InChI=1S/C21H21BrN4O/c22-19-7-1-6-18(25-19)21(26-10-12-27-13-11-26)20(16-4-2-8-23-14-16)17-5-3-9-24-15-17/h1-9,14-15,20-21H,10-13H2. The van der Waals surface area contributed by atoms with E-state index in [9.17, 15) is 0 Å². The molecular weight excluding hydrogens is 404 g/mol. The van der Waals surface area contributed by atoms with E-state index in [0.717, 1.165) is 47.7 Å². The Hall–Kier alpha value is -2.15. The van der Waals surface area contributed by atoms with Gasteiger partial charge >= 0.3 is 0 Å². The summed E-state index contributed by atoms with van der Waals surface area (Å²) in [4.78, 5) is 16.0. The third kappa shape index (κ3) is 4.24. The summed E-state index contributed by atoms with van der Waals surface area (Å²) in [5.41, 5.74) is 3.34. The van der Waals surface area contributed by atoms with Crippen LogP contribution in [0.1, 0.15) is 28.8 Å². The van der Waals surface area contributed by atoms with Crippen molar-refractivity contribution < 1.29 is 4.74 Å². The van der Waals surface area contributed by atoms with Crippen molar-refractivity contribution in [2.45, 2.75) is 12.0 Å². The quantitative estimate of drug-likeness (QED) is 0.582. The first kappa shape index (κ1) is 18.2. The number of morpholine rings is 1. The summed E-state index contributed by atoms with van der Waals surface area (Å²) in [6.07, 6.45) is 7.52. The topological polar surface area (TPSA) is 51.1 Å². The van der Waals surface area contributed by atoms with Crippen LogP contribution in [0.2, 0.25) is 0 Å². The number of halogens is 1. The number of aromatic nitrogens is 3. The van der Waals surface area contributed by atoms with Crippen LogP contribution in [0.25, 0.3) is 0 Å². The Bertz CT molecular complexity index is 817. The molecule has 6 heteroatoms. The van der Waals surface area contributed by atoms with Gasteiger partial charge in [0.15, 0.2) is 0 Å². The highest BCUT2D eigenvalue weighted by atomic mass is 79.9. The van der Waals surface area contributed by atoms with Crippen LogP contribution in [0.5, 0.6) is 0 Å². The molecule has 4 rings (SSSR count). The van der Waals surface area contributed by atoms with E-state index in [1.807, 2.05) is 49.1 Å². The molecule has 0 aromatic carbocycles. The van der Waals surface area contributed by atoms with Crippen LogP contribution in [0.4, 0.5) is 0 Å². The van der Waals surface area contributed by atoms with Gasteiger partial charge in [0.25, 0.3) is 0 Å². The molecule has 1 fully saturated rings. The molecule has 1 atom stereocenters. The average molecular weight is 425 g/mol. The highest BCUT2D eigenvalue weighted by Gasteiger charge is 2.34. The van der Waals surface area contributed by atoms with Crippen LogP contribution in [0.15, 0.2) is 71.9 Å². The van der Waals surface area contributed by atoms with Gasteiger partial charge in [0, 0.05) is 43.8 Å². The maximum atomic E-state index is 5.60. The molecule has 27 heavy (non-hydrogen) atoms. The first-order valence-electron chi connectivity index (χ1n) is 9.07. The average Bonchev–Trinajstić information content (AvgIpc) is 2.74. The number of hydrogen-bond acceptors (Lipinski definition) is 5. The summed E-state index contributed by atoms with van der Waals surface area (Å²) in [7, 11) is 0. The Balaban J connectivity index is 1.85. The molecule has 1 saturated heterocycles. The predicted molar refractivity (Wildman–Crippen MR) is 107 cm³/mol. The highest BCUT2D eigenvalue weighted by molar-refractivity contribution is 9.10. The fourth-order valence-electron chi connectivity index (χ4n) is 3.69. The highest BCUT2D eigenvalue weighted by Crippen LogP contribution is 2.40. The van der Waals surface area contributed by atoms with Crippen molar-refractivity contribution in [3.8, 4) is 0 Å². The molecule has 0 saturated carbocycles. The zero-order chi connectivity index (χ0) is 18.5. The van der Waals surface area contributed by atoms with Crippen molar-refractivity contribution >= 4 is 15.9 Å². The van der Waals surface area contributed by atoms with Gasteiger partial charge in [-0.05, 0) is 51.3 Å². The Kier molecular flexibility index (Phi) is 5.87. The maximum absolute atomic E-state index is 5.60. The van der Waals surface area contributed by atoms with Crippen LogP contribution in [0, 0.1) is 0 Å². The van der Waals surface area contributed by atoms with Gasteiger partial charge < -0.3 is 4.74 Å². The van der Waals surface area contributed by atoms with Gasteiger partial charge in [0.1, 0.15) is 4.60 Å². The molecule has 4 heterocycles. The van der Waals surface area contributed by atoms with Gasteiger partial charge in [-0.1, -0.05) is 18.2 Å². The van der Waals surface area contributed by atoms with Crippen LogP contribution < -0.4 is 0 Å². The van der Waals surface area contributed by atoms with Crippen LogP contribution in [-0.2, 0) is 4.74 Å². The minimum Gasteiger partial charge on any atom is -0.379 e. The van der Waals surface area contributed by atoms with Crippen LogP contribution >= 0.6 is 15.9 Å². The number of ether oxygens (including phenoxy) is 1. The molecule has 1 aliphatic rings. The number of rotatable bonds is 5. The summed E-state index contributed by atoms with van der Waals surface area (Å²) in [6, 6.07) is 14.4. The predicted octanol–water partition coefficient (Wildman–Crippen LogP) is 3.84. The molecule has 0 amide bonds. The van der Waals surface area contributed by atoms with Crippen molar-refractivity contribution in [1.29, 1.82) is 0 Å². The fourth-order valence-corrected chi connectivity index (χ4v) is 4.05. The summed E-state index contributed by atoms with van der Waals surface area (Å²) in [5.74, 6) is 0.0762. The summed E-state index contributed by atoms with van der Waals surface area (Å²) < 4.78 is 6.45. The summed E-state index contributed by atoms with van der Waals surface area (Å²) in [5, 5.41) is 0. The van der Waals surface area contributed by atoms with Gasteiger partial charge in [-0.15, -0.1) is 0 Å². The third-order valence-electron chi connectivity index (χ3n) is 4.88. The number of nitrogens with zero attached hydrogens (tertiary/aromatic N) is 4. The van der Waals surface area contributed by atoms with Crippen molar-refractivity contribution in [3.63, 3.8) is 0 Å². The SMILES string of the molecule is Brc1cccc(C(C(c2cccnc2)c2cccnc2)N2CCOCC2)n1. The zero-order valence-electron chi connectivity index (χ0n) is 14.9. The summed E-state index contributed by atoms with van der Waals surface area (Å²) >= 11 is 3.54. The van der Waals surface area contributed by atoms with E-state index in [4.69, 9.17) is 9.72 Å². The monoisotopic (exact) mass is 424 g/mol. The van der Waals surface area contributed by atoms with Gasteiger partial charge in [-0.25, -0.2) is 4.98 Å². The van der Waals surface area contributed by atoms with Gasteiger partial charge in [-0.2, -0.15) is 0 Å². The Morgan fingerprint density at radius 3 is 2.11 bits per heavy atom. The number of pyridine rings is 3. The largest absolute Gasteiger partial charge is 0.379 e. The van der Waals surface area contributed by atoms with Gasteiger partial charge in [0.2, 0.25) is 0 Å². The zero-order valence-corrected chi connectivity index (χ0v) is 16.5. The van der Waals surface area contributed by atoms with Crippen LogP contribution in [0.3, 0.4) is 0 Å². The molecule has 3 aromatic rings. The van der Waals surface area contributed by atoms with E-state index in [-0.39, 0.29) is 12.0 Å². The third-order valence-corrected chi connectivity index (χ3v) is 5.32. The molecular formula is C21H21BrN4O. The normalized spacial score (nSPS) is 16.4. The number of hydrogen-bond donors (Lipinski definition) is 0. The smallest absolute Gasteiger partial charge is 0.106 e. The second-order valence-electron chi connectivity index (χ2n) is 6.53. The first-order chi connectivity index (χ1) is 13.3. The van der Waals surface area contributed by atoms with E-state index >= 15 is 0 Å². The minimum atomic E-state index is 0.0693. The molecule has 0 radical (unpaired) electrons. The molecule has 1 aliphatic heterocycles. The summed E-state index contributed by atoms with van der Waals surface area (Å²) in [6.45, 7) is 3.21. The second-order valence-corrected chi connectivity index (χ2v) is 7.34. The van der Waals surface area contributed by atoms with Crippen LogP contribution in [-0.4, -0.2) is 46.2 Å². The van der Waals surface area contributed by atoms with E-state index in [1.165, 1.54) is 0 Å². The lowest BCUT2D eigenvalue weighted by Crippen LogP contribution is -2.42. The van der Waals surface area contributed by atoms with E-state index < -0.39 is 0 Å². The van der Waals surface area contributed by atoms with Gasteiger partial charge in [0.05, 0.1) is 24.9 Å². The lowest BCUT2D eigenvalue weighted by atomic mass is 9.83. The Labute approximate surface area is 167 Å². The molecule has 0 spiro atoms. The first-order valence-corrected chi connectivity index (χ1v) is 9.86. The molecule has 0 bridgehead atoms. The Morgan fingerprint density at radius 1 is 0.889 bits per heavy atom. The second kappa shape index (κ2) is 8.69. The van der Waals surface area contributed by atoms with Crippen molar-refractivity contribution in [2.24, 2.45) is 0 Å². The minimum absolute atomic E-state index is 0.0693. The Morgan fingerprint density at radius 2 is 1.56 bits per heavy atom. The van der Waals surface area contributed by atoms with Crippen molar-refractivity contribution in [3.05, 3.63) is 88.7 Å². The fraction of sp³-hybridized carbons (Fsp3) is 0.286. The lowest BCUT2D eigenvalue weighted by Gasteiger charge is -2.39. The van der Waals surface area contributed by atoms with E-state index in [2.05, 4.69) is 49.0 Å². The molecule has 5 nitrogen and oxygen atoms in total. The maximum Gasteiger partial charge on any atom is 0.106 e. The van der Waals surface area contributed by atoms with Gasteiger partial charge in [-0.3, -0.25) is 14.9 Å². The molecule has 3 aromatic heterocycles. The van der Waals surface area contributed by atoms with Crippen molar-refractivity contribution in [1.82, 2.24) is 19.9 Å². The molecule has 0 N–H and O–H groups in total. The molecule has 1 unspecified atom stereocenters. The lowest BCUT2D eigenvalue weighted by molar-refractivity contribution is 0.0115. The van der Waals surface area contributed by atoms with E-state index in [0.29, 0.717) is 0 Å². The van der Waals surface area contributed by atoms with Crippen molar-refractivity contribution in [2.75, 3.05) is 26.3 Å². The molecule has 0 aliphatic carbocycles. The van der Waals surface area contributed by atoms with E-state index in [1.54, 1.807) is 0 Å². The molecule has 138 valence electrons.